The molecule has 3 aromatic heterocycles. The second-order valence-electron chi connectivity index (χ2n) is 14.4. The van der Waals surface area contributed by atoms with E-state index in [0.717, 1.165) is 55.6 Å². The lowest BCUT2D eigenvalue weighted by Gasteiger charge is -2.11. The Morgan fingerprint density at radius 1 is 0.368 bits per heavy atom. The first-order valence-corrected chi connectivity index (χ1v) is 18.9. The molecule has 3 heteroatoms. The molecule has 0 saturated carbocycles. The van der Waals surface area contributed by atoms with E-state index in [2.05, 4.69) is 149 Å². The van der Waals surface area contributed by atoms with Gasteiger partial charge in [-0.3, -0.25) is 0 Å². The molecule has 0 spiro atoms. The average molecular weight is 734 g/mol. The second-order valence-corrected chi connectivity index (χ2v) is 14.4. The molecule has 0 bridgehead atoms. The van der Waals surface area contributed by atoms with Gasteiger partial charge >= 0.3 is 0 Å². The Morgan fingerprint density at radius 3 is 1.75 bits per heavy atom. The maximum absolute atomic E-state index is 9.17. The van der Waals surface area contributed by atoms with Crippen LogP contribution in [0.2, 0.25) is 0 Å². The summed E-state index contributed by atoms with van der Waals surface area (Å²) < 4.78 is 70.5. The number of para-hydroxylation sites is 4. The van der Waals surface area contributed by atoms with Crippen molar-refractivity contribution in [2.24, 2.45) is 0 Å². The van der Waals surface area contributed by atoms with E-state index in [1.165, 1.54) is 21.7 Å². The third-order valence-electron chi connectivity index (χ3n) is 11.2. The van der Waals surface area contributed by atoms with E-state index in [1.807, 2.05) is 24.3 Å². The molecule has 0 aliphatic heterocycles. The summed E-state index contributed by atoms with van der Waals surface area (Å²) in [6.07, 6.45) is 0. The van der Waals surface area contributed by atoms with Gasteiger partial charge in [-0.15, -0.1) is 0 Å². The Hall–Kier alpha value is -7.62. The lowest BCUT2D eigenvalue weighted by molar-refractivity contribution is 0.669. The third kappa shape index (κ3) is 4.92. The zero-order valence-corrected chi connectivity index (χ0v) is 30.4. The minimum atomic E-state index is -0.456. The lowest BCUT2D eigenvalue weighted by Crippen LogP contribution is -1.94. The van der Waals surface area contributed by atoms with Crippen molar-refractivity contribution in [2.75, 3.05) is 0 Å². The molecule has 0 radical (unpaired) electrons. The van der Waals surface area contributed by atoms with Crippen LogP contribution in [0.3, 0.4) is 0 Å². The van der Waals surface area contributed by atoms with Gasteiger partial charge in [0.15, 0.2) is 0 Å². The van der Waals surface area contributed by atoms with Crippen molar-refractivity contribution in [3.05, 3.63) is 206 Å². The summed E-state index contributed by atoms with van der Waals surface area (Å²) in [5, 5.41) is 4.92. The number of benzene rings is 9. The molecule has 0 unspecified atom stereocenters. The number of furan rings is 1. The van der Waals surface area contributed by atoms with Gasteiger partial charge in [0.2, 0.25) is 0 Å². The number of nitrogens with zero attached hydrogens (tertiary/aromatic N) is 2. The highest BCUT2D eigenvalue weighted by Gasteiger charge is 2.18. The molecular formula is C54H34N2O. The Bertz CT molecular complexity index is 3910. The van der Waals surface area contributed by atoms with Gasteiger partial charge in [0, 0.05) is 43.7 Å². The highest BCUT2D eigenvalue weighted by molar-refractivity contribution is 6.17. The average Bonchev–Trinajstić information content (AvgIpc) is 4.01. The largest absolute Gasteiger partial charge is 0.456 e. The maximum atomic E-state index is 9.17. The number of aromatic nitrogens is 2. The van der Waals surface area contributed by atoms with Crippen molar-refractivity contribution in [3.63, 3.8) is 0 Å². The smallest absolute Gasteiger partial charge is 0.135 e. The van der Waals surface area contributed by atoms with Crippen LogP contribution >= 0.6 is 0 Å². The predicted octanol–water partition coefficient (Wildman–Crippen LogP) is 14.8. The standard InChI is InChI=1S/C54H34N2O/c1-2-11-40(12-3-1)56-48-17-7-4-13-43(48)44-31-27-39(34-51(44)56)42-16-10-19-50-54(42)46-15-5-8-18-49(46)55(50)41-29-25-36(26-30-41)35-21-23-37(24-22-35)38-28-32-53-47(33-38)45-14-6-9-20-52(45)57-53/h1-34H/i6D,9D,14D,20D,28D,32D,33D. The van der Waals surface area contributed by atoms with E-state index >= 15 is 0 Å². The van der Waals surface area contributed by atoms with Crippen LogP contribution in [0.5, 0.6) is 0 Å². The van der Waals surface area contributed by atoms with Crippen molar-refractivity contribution in [1.29, 1.82) is 0 Å². The molecular weight excluding hydrogens is 693 g/mol. The van der Waals surface area contributed by atoms with Crippen molar-refractivity contribution < 1.29 is 14.0 Å². The molecule has 0 fully saturated rings. The van der Waals surface area contributed by atoms with Gasteiger partial charge in [0.05, 0.1) is 31.7 Å². The van der Waals surface area contributed by atoms with E-state index in [4.69, 9.17) is 14.0 Å². The van der Waals surface area contributed by atoms with Gasteiger partial charge in [0.1, 0.15) is 11.2 Å². The van der Waals surface area contributed by atoms with Crippen LogP contribution in [0.15, 0.2) is 211 Å². The Balaban J connectivity index is 0.936. The van der Waals surface area contributed by atoms with Crippen molar-refractivity contribution in [1.82, 2.24) is 9.13 Å². The molecule has 0 N–H and O–H groups in total. The van der Waals surface area contributed by atoms with E-state index in [9.17, 15) is 0 Å². The van der Waals surface area contributed by atoms with Crippen LogP contribution in [0.1, 0.15) is 9.60 Å². The molecule has 0 atom stereocenters. The minimum absolute atomic E-state index is 0.0432. The van der Waals surface area contributed by atoms with Gasteiger partial charge < -0.3 is 13.6 Å². The predicted molar refractivity (Wildman–Crippen MR) is 239 cm³/mol. The first-order valence-electron chi connectivity index (χ1n) is 22.4. The third-order valence-corrected chi connectivity index (χ3v) is 11.2. The molecule has 3 nitrogen and oxygen atoms in total. The van der Waals surface area contributed by atoms with Crippen molar-refractivity contribution in [2.45, 2.75) is 0 Å². The molecule has 3 heterocycles. The quantitative estimate of drug-likeness (QED) is 0.173. The summed E-state index contributed by atoms with van der Waals surface area (Å²) in [4.78, 5) is 0. The summed E-state index contributed by atoms with van der Waals surface area (Å²) in [5.74, 6) is 0. The van der Waals surface area contributed by atoms with E-state index in [1.54, 1.807) is 0 Å². The fraction of sp³-hybridized carbons (Fsp3) is 0. The summed E-state index contributed by atoms with van der Waals surface area (Å²) in [6.45, 7) is 0. The Kier molecular flexibility index (Phi) is 5.56. The molecule has 12 aromatic rings. The highest BCUT2D eigenvalue weighted by Crippen LogP contribution is 2.41. The number of hydrogen-bond donors (Lipinski definition) is 0. The molecule has 0 amide bonds. The van der Waals surface area contributed by atoms with Crippen molar-refractivity contribution >= 4 is 65.6 Å². The molecule has 12 rings (SSSR count). The fourth-order valence-electron chi connectivity index (χ4n) is 8.61. The molecule has 266 valence electrons. The number of rotatable bonds is 5. The van der Waals surface area contributed by atoms with E-state index in [-0.39, 0.29) is 57.7 Å². The fourth-order valence-corrected chi connectivity index (χ4v) is 8.61. The van der Waals surface area contributed by atoms with E-state index in [0.29, 0.717) is 5.56 Å². The zero-order valence-electron chi connectivity index (χ0n) is 37.4. The molecule has 0 aliphatic rings. The summed E-state index contributed by atoms with van der Waals surface area (Å²) in [6, 6.07) is 54.7. The summed E-state index contributed by atoms with van der Waals surface area (Å²) in [5.41, 5.74) is 11.4. The van der Waals surface area contributed by atoms with Crippen LogP contribution in [-0.2, 0) is 0 Å². The van der Waals surface area contributed by atoms with Gasteiger partial charge in [-0.25, -0.2) is 0 Å². The SMILES string of the molecule is [2H]c1c([2H])c([2H])c2c(oc3c([2H])c([2H])c(-c4ccc(-c5ccc(-n6c7ccccc7c7c(-c8ccc9c%10ccccc%10n(-c%10ccccc%10)c9c8)cccc76)cc5)cc4)c([2H])c32)c1[2H]. The van der Waals surface area contributed by atoms with Crippen LogP contribution < -0.4 is 0 Å². The minimum Gasteiger partial charge on any atom is -0.456 e. The van der Waals surface area contributed by atoms with Gasteiger partial charge in [-0.1, -0.05) is 139 Å². The van der Waals surface area contributed by atoms with Gasteiger partial charge in [0.25, 0.3) is 0 Å². The first-order chi connectivity index (χ1) is 31.2. The van der Waals surface area contributed by atoms with Crippen LogP contribution in [0.4, 0.5) is 0 Å². The van der Waals surface area contributed by atoms with Crippen molar-refractivity contribution in [3.8, 4) is 44.8 Å². The second kappa shape index (κ2) is 12.5. The maximum Gasteiger partial charge on any atom is 0.135 e. The first kappa shape index (κ1) is 25.5. The molecule has 9 aromatic carbocycles. The Morgan fingerprint density at radius 2 is 0.947 bits per heavy atom. The topological polar surface area (TPSA) is 23.0 Å². The zero-order chi connectivity index (χ0) is 43.5. The monoisotopic (exact) mass is 733 g/mol. The number of hydrogen-bond acceptors (Lipinski definition) is 1. The molecule has 0 aliphatic carbocycles. The van der Waals surface area contributed by atoms with Crippen LogP contribution in [0.25, 0.3) is 110 Å². The number of fused-ring (bicyclic) bond motifs is 9. The van der Waals surface area contributed by atoms with Gasteiger partial charge in [-0.2, -0.15) is 0 Å². The summed E-state index contributed by atoms with van der Waals surface area (Å²) >= 11 is 0. The van der Waals surface area contributed by atoms with Gasteiger partial charge in [-0.05, 0) is 100 Å². The molecule has 57 heavy (non-hydrogen) atoms. The Labute approximate surface area is 338 Å². The molecule has 0 saturated heterocycles. The lowest BCUT2D eigenvalue weighted by atomic mass is 9.98. The highest BCUT2D eigenvalue weighted by atomic mass is 16.3. The normalized spacial score (nSPS) is 13.6. The van der Waals surface area contributed by atoms with Crippen LogP contribution in [-0.4, -0.2) is 9.13 Å². The van der Waals surface area contributed by atoms with Crippen LogP contribution in [0, 0.1) is 0 Å². The summed E-state index contributed by atoms with van der Waals surface area (Å²) in [7, 11) is 0. The van der Waals surface area contributed by atoms with E-state index < -0.39 is 12.1 Å².